The number of carbonyl (C=O) groups is 3. The summed E-state index contributed by atoms with van der Waals surface area (Å²) in [6.45, 7) is 0.216. The average molecular weight is 397 g/mol. The number of hydrogen-bond acceptors (Lipinski definition) is 6. The number of fused-ring (bicyclic) bond motifs is 1. The zero-order valence-electron chi connectivity index (χ0n) is 14.9. The van der Waals surface area contributed by atoms with Gasteiger partial charge in [-0.1, -0.05) is 0 Å². The molecule has 0 aliphatic carbocycles. The molecule has 1 aromatic carbocycles. The van der Waals surface area contributed by atoms with Crippen molar-refractivity contribution in [2.24, 2.45) is 0 Å². The monoisotopic (exact) mass is 397 g/mol. The van der Waals surface area contributed by atoms with Crippen LogP contribution in [0.3, 0.4) is 0 Å². The Balaban J connectivity index is 1.65. The van der Waals surface area contributed by atoms with Gasteiger partial charge in [-0.25, -0.2) is 14.0 Å². The molecule has 0 radical (unpaired) electrons. The summed E-state index contributed by atoms with van der Waals surface area (Å²) in [5.74, 6) is -3.03. The zero-order valence-corrected chi connectivity index (χ0v) is 14.9. The predicted molar refractivity (Wildman–Crippen MR) is 90.9 cm³/mol. The molecule has 10 heteroatoms. The van der Waals surface area contributed by atoms with Crippen molar-refractivity contribution < 1.29 is 43.2 Å². The van der Waals surface area contributed by atoms with Gasteiger partial charge < -0.3 is 24.4 Å². The summed E-state index contributed by atoms with van der Waals surface area (Å²) in [7, 11) is 0. The minimum atomic E-state index is -1.13. The quantitative estimate of drug-likeness (QED) is 0.751. The van der Waals surface area contributed by atoms with Crippen LogP contribution in [-0.4, -0.2) is 52.0 Å². The largest absolute Gasteiger partial charge is 0.481 e. The zero-order chi connectivity index (χ0) is 20.3. The van der Waals surface area contributed by atoms with Gasteiger partial charge in [-0.3, -0.25) is 9.69 Å². The van der Waals surface area contributed by atoms with Gasteiger partial charge in [0, 0.05) is 31.5 Å². The molecule has 152 valence electrons. The summed E-state index contributed by atoms with van der Waals surface area (Å²) in [5, 5.41) is 17.9. The van der Waals surface area contributed by atoms with E-state index in [1.807, 2.05) is 0 Å². The molecule has 1 amide bonds. The number of halogens is 1. The maximum absolute atomic E-state index is 14.3. The summed E-state index contributed by atoms with van der Waals surface area (Å²) in [6.07, 6.45) is 0.517. The van der Waals surface area contributed by atoms with E-state index in [4.69, 9.17) is 19.3 Å². The van der Waals surface area contributed by atoms with Crippen molar-refractivity contribution in [2.45, 2.75) is 50.9 Å². The van der Waals surface area contributed by atoms with Crippen LogP contribution in [0.2, 0.25) is 0 Å². The number of likely N-dealkylation sites (tertiary alicyclic amines) is 1. The Morgan fingerprint density at radius 3 is 2.57 bits per heavy atom. The van der Waals surface area contributed by atoms with Crippen LogP contribution in [0.4, 0.5) is 9.18 Å². The van der Waals surface area contributed by atoms with Gasteiger partial charge in [0.1, 0.15) is 6.04 Å². The molecule has 0 bridgehead atoms. The first-order valence-electron chi connectivity index (χ1n) is 8.95. The summed E-state index contributed by atoms with van der Waals surface area (Å²) in [4.78, 5) is 35.3. The molecule has 28 heavy (non-hydrogen) atoms. The van der Waals surface area contributed by atoms with E-state index in [0.717, 1.165) is 11.0 Å². The lowest BCUT2D eigenvalue weighted by Gasteiger charge is -2.31. The second-order valence-electron chi connectivity index (χ2n) is 6.59. The number of aliphatic carboxylic acids is 2. The van der Waals surface area contributed by atoms with Gasteiger partial charge >= 0.3 is 18.0 Å². The van der Waals surface area contributed by atoms with E-state index in [9.17, 15) is 23.9 Å². The van der Waals surface area contributed by atoms with Gasteiger partial charge in [0.25, 0.3) is 0 Å². The molecule has 2 heterocycles. The summed E-state index contributed by atoms with van der Waals surface area (Å²) < 4.78 is 30.3. The fourth-order valence-corrected chi connectivity index (χ4v) is 3.18. The number of rotatable bonds is 6. The third-order valence-corrected chi connectivity index (χ3v) is 4.57. The van der Waals surface area contributed by atoms with Crippen LogP contribution in [-0.2, 0) is 9.59 Å². The number of carboxylic acid groups (broad SMARTS) is 2. The maximum Gasteiger partial charge on any atom is 0.416 e. The van der Waals surface area contributed by atoms with Crippen molar-refractivity contribution in [3.05, 3.63) is 17.9 Å². The molecular weight excluding hydrogens is 377 g/mol. The van der Waals surface area contributed by atoms with Gasteiger partial charge in [-0.15, -0.1) is 0 Å². The Labute approximate surface area is 159 Å². The molecular formula is C18H20FNO8. The Hall–Kier alpha value is -3.04. The van der Waals surface area contributed by atoms with Crippen LogP contribution in [0.5, 0.6) is 17.2 Å². The Morgan fingerprint density at radius 2 is 1.89 bits per heavy atom. The van der Waals surface area contributed by atoms with E-state index in [1.54, 1.807) is 0 Å². The van der Waals surface area contributed by atoms with Crippen molar-refractivity contribution in [2.75, 3.05) is 6.54 Å². The first kappa shape index (κ1) is 19.7. The highest BCUT2D eigenvalue weighted by Crippen LogP contribution is 2.40. The van der Waals surface area contributed by atoms with Gasteiger partial charge in [0.15, 0.2) is 23.1 Å². The highest BCUT2D eigenvalue weighted by molar-refractivity contribution is 5.81. The standard InChI is InChI=1S/C18H20FNO8/c19-10-8-13-14(27-16(26-13)6-3-5-15(21)22)9-12(10)28-18(25)20-7-2-1-4-11(20)17(23)24/h8-9,11,16H,1-7H2,(H,21,22)(H,23,24). The molecule has 1 fully saturated rings. The number of carboxylic acids is 2. The molecule has 2 N–H and O–H groups in total. The third-order valence-electron chi connectivity index (χ3n) is 4.57. The molecule has 2 aliphatic rings. The highest BCUT2D eigenvalue weighted by Gasteiger charge is 2.34. The number of piperidine rings is 1. The van der Waals surface area contributed by atoms with Gasteiger partial charge in [-0.05, 0) is 25.7 Å². The van der Waals surface area contributed by atoms with Crippen LogP contribution in [0.1, 0.15) is 38.5 Å². The minimum absolute atomic E-state index is 0.0443. The first-order valence-corrected chi connectivity index (χ1v) is 8.95. The number of carbonyl (C=O) groups excluding carboxylic acids is 1. The smallest absolute Gasteiger partial charge is 0.416 e. The maximum atomic E-state index is 14.3. The molecule has 1 saturated heterocycles. The second kappa shape index (κ2) is 8.32. The number of ether oxygens (including phenoxy) is 3. The molecule has 2 aliphatic heterocycles. The molecule has 0 spiro atoms. The van der Waals surface area contributed by atoms with Crippen LogP contribution >= 0.6 is 0 Å². The van der Waals surface area contributed by atoms with E-state index in [1.165, 1.54) is 6.07 Å². The lowest BCUT2D eigenvalue weighted by atomic mass is 10.0. The fourth-order valence-electron chi connectivity index (χ4n) is 3.18. The third kappa shape index (κ3) is 4.44. The van der Waals surface area contributed by atoms with Crippen molar-refractivity contribution in [1.29, 1.82) is 0 Å². The van der Waals surface area contributed by atoms with Crippen LogP contribution in [0, 0.1) is 5.82 Å². The topological polar surface area (TPSA) is 123 Å². The molecule has 2 atom stereocenters. The number of nitrogens with zero attached hydrogens (tertiary/aromatic N) is 1. The molecule has 1 aromatic rings. The van der Waals surface area contributed by atoms with Crippen LogP contribution in [0.25, 0.3) is 0 Å². The number of hydrogen-bond donors (Lipinski definition) is 2. The Morgan fingerprint density at radius 1 is 1.18 bits per heavy atom. The van der Waals surface area contributed by atoms with E-state index >= 15 is 0 Å². The molecule has 3 rings (SSSR count). The van der Waals surface area contributed by atoms with Crippen molar-refractivity contribution in [3.63, 3.8) is 0 Å². The van der Waals surface area contributed by atoms with Crippen molar-refractivity contribution >= 4 is 18.0 Å². The van der Waals surface area contributed by atoms with Crippen molar-refractivity contribution in [1.82, 2.24) is 4.90 Å². The molecule has 9 nitrogen and oxygen atoms in total. The van der Waals surface area contributed by atoms with Gasteiger partial charge in [0.05, 0.1) is 0 Å². The molecule has 0 saturated carbocycles. The number of amides is 1. The van der Waals surface area contributed by atoms with Crippen LogP contribution in [0.15, 0.2) is 12.1 Å². The van der Waals surface area contributed by atoms with E-state index < -0.39 is 41.9 Å². The van der Waals surface area contributed by atoms with Crippen LogP contribution < -0.4 is 14.2 Å². The van der Waals surface area contributed by atoms with E-state index in [0.29, 0.717) is 32.1 Å². The molecule has 2 unspecified atom stereocenters. The fraction of sp³-hybridized carbons (Fsp3) is 0.500. The number of benzene rings is 1. The molecule has 0 aromatic heterocycles. The summed E-state index contributed by atoms with van der Waals surface area (Å²) in [6, 6.07) is 1.18. The lowest BCUT2D eigenvalue weighted by molar-refractivity contribution is -0.143. The van der Waals surface area contributed by atoms with Gasteiger partial charge in [0.2, 0.25) is 6.29 Å². The Bertz CT molecular complexity index is 783. The first-order chi connectivity index (χ1) is 13.3. The van der Waals surface area contributed by atoms with Crippen molar-refractivity contribution in [3.8, 4) is 17.2 Å². The lowest BCUT2D eigenvalue weighted by Crippen LogP contribution is -2.49. The second-order valence-corrected chi connectivity index (χ2v) is 6.59. The van der Waals surface area contributed by atoms with E-state index in [-0.39, 0.29) is 24.5 Å². The van der Waals surface area contributed by atoms with Gasteiger partial charge in [-0.2, -0.15) is 0 Å². The summed E-state index contributed by atoms with van der Waals surface area (Å²) in [5.41, 5.74) is 0. The summed E-state index contributed by atoms with van der Waals surface area (Å²) >= 11 is 0. The highest BCUT2D eigenvalue weighted by atomic mass is 19.1. The predicted octanol–water partition coefficient (Wildman–Crippen LogP) is 2.62. The minimum Gasteiger partial charge on any atom is -0.481 e. The Kier molecular flexibility index (Phi) is 5.86. The van der Waals surface area contributed by atoms with E-state index in [2.05, 4.69) is 0 Å². The normalized spacial score (nSPS) is 20.7. The average Bonchev–Trinajstić information content (AvgIpc) is 3.03. The SMILES string of the molecule is O=C(O)CCCC1Oc2cc(F)c(OC(=O)N3CCCCC3C(=O)O)cc2O1.